The minimum Gasteiger partial charge on any atom is -0.468 e. The molecule has 108 valence electrons. The van der Waals surface area contributed by atoms with Gasteiger partial charge in [-0.05, 0) is 36.2 Å². The molecular formula is C14H18N2O3S. The van der Waals surface area contributed by atoms with Crippen molar-refractivity contribution in [1.82, 2.24) is 4.31 Å². The van der Waals surface area contributed by atoms with Crippen LogP contribution in [0.3, 0.4) is 0 Å². The monoisotopic (exact) mass is 294 g/mol. The highest BCUT2D eigenvalue weighted by Gasteiger charge is 2.22. The Morgan fingerprint density at radius 1 is 1.30 bits per heavy atom. The van der Waals surface area contributed by atoms with E-state index in [1.807, 2.05) is 6.92 Å². The zero-order valence-electron chi connectivity index (χ0n) is 11.5. The molecule has 20 heavy (non-hydrogen) atoms. The maximum absolute atomic E-state index is 12.4. The quantitative estimate of drug-likeness (QED) is 0.858. The van der Waals surface area contributed by atoms with Crippen molar-refractivity contribution in [3.63, 3.8) is 0 Å². The second kappa shape index (κ2) is 5.68. The Hall–Kier alpha value is -1.79. The molecule has 0 spiro atoms. The molecule has 0 aliphatic heterocycles. The smallest absolute Gasteiger partial charge is 0.243 e. The highest BCUT2D eigenvalue weighted by Crippen LogP contribution is 2.22. The van der Waals surface area contributed by atoms with Crippen LogP contribution in [-0.2, 0) is 23.0 Å². The van der Waals surface area contributed by atoms with Crippen molar-refractivity contribution in [1.29, 1.82) is 0 Å². The molecule has 5 nitrogen and oxygen atoms in total. The molecule has 1 aromatic heterocycles. The standard InChI is InChI=1S/C14H18N2O3S/c1-3-11-6-7-13(9-14(11)15)20(17,18)16(2)10-12-5-4-8-19-12/h4-9H,3,10,15H2,1-2H3. The van der Waals surface area contributed by atoms with E-state index >= 15 is 0 Å². The fraction of sp³-hybridized carbons (Fsp3) is 0.286. The van der Waals surface area contributed by atoms with Gasteiger partial charge in [-0.25, -0.2) is 8.42 Å². The number of nitrogens with zero attached hydrogens (tertiary/aromatic N) is 1. The molecule has 0 unspecified atom stereocenters. The Kier molecular flexibility index (Phi) is 4.15. The van der Waals surface area contributed by atoms with Crippen LogP contribution in [0.4, 0.5) is 5.69 Å². The first-order valence-electron chi connectivity index (χ1n) is 6.32. The zero-order chi connectivity index (χ0) is 14.8. The molecule has 0 aliphatic rings. The van der Waals surface area contributed by atoms with E-state index in [0.717, 1.165) is 12.0 Å². The third-order valence-corrected chi connectivity index (χ3v) is 4.96. The molecule has 0 aliphatic carbocycles. The summed E-state index contributed by atoms with van der Waals surface area (Å²) in [5.41, 5.74) is 7.31. The number of hydrogen-bond donors (Lipinski definition) is 1. The molecule has 0 saturated heterocycles. The molecule has 1 heterocycles. The van der Waals surface area contributed by atoms with Crippen LogP contribution in [0.15, 0.2) is 45.9 Å². The second-order valence-corrected chi connectivity index (χ2v) is 6.60. The summed E-state index contributed by atoms with van der Waals surface area (Å²) in [6.07, 6.45) is 2.29. The first kappa shape index (κ1) is 14.6. The van der Waals surface area contributed by atoms with Gasteiger partial charge < -0.3 is 10.2 Å². The van der Waals surface area contributed by atoms with Crippen LogP contribution in [0.2, 0.25) is 0 Å². The van der Waals surface area contributed by atoms with E-state index in [2.05, 4.69) is 0 Å². The van der Waals surface area contributed by atoms with Gasteiger partial charge in [-0.15, -0.1) is 0 Å². The van der Waals surface area contributed by atoms with E-state index in [4.69, 9.17) is 10.2 Å². The molecule has 1 aromatic carbocycles. The van der Waals surface area contributed by atoms with Crippen molar-refractivity contribution in [2.24, 2.45) is 0 Å². The lowest BCUT2D eigenvalue weighted by atomic mass is 10.1. The summed E-state index contributed by atoms with van der Waals surface area (Å²) in [6.45, 7) is 2.16. The number of hydrogen-bond acceptors (Lipinski definition) is 4. The number of rotatable bonds is 5. The molecule has 2 N–H and O–H groups in total. The van der Waals surface area contributed by atoms with Crippen LogP contribution in [0.5, 0.6) is 0 Å². The maximum Gasteiger partial charge on any atom is 0.243 e. The number of benzene rings is 1. The van der Waals surface area contributed by atoms with E-state index in [9.17, 15) is 8.42 Å². The zero-order valence-corrected chi connectivity index (χ0v) is 12.4. The Morgan fingerprint density at radius 2 is 2.05 bits per heavy atom. The third-order valence-electron chi connectivity index (χ3n) is 3.17. The summed E-state index contributed by atoms with van der Waals surface area (Å²) in [5.74, 6) is 0.592. The fourth-order valence-electron chi connectivity index (χ4n) is 1.94. The van der Waals surface area contributed by atoms with E-state index in [1.165, 1.54) is 23.7 Å². The van der Waals surface area contributed by atoms with Crippen LogP contribution in [0.25, 0.3) is 0 Å². The van der Waals surface area contributed by atoms with E-state index < -0.39 is 10.0 Å². The van der Waals surface area contributed by atoms with Crippen LogP contribution in [-0.4, -0.2) is 19.8 Å². The highest BCUT2D eigenvalue weighted by molar-refractivity contribution is 7.89. The molecule has 6 heteroatoms. The predicted molar refractivity (Wildman–Crippen MR) is 77.6 cm³/mol. The molecule has 0 radical (unpaired) electrons. The minimum atomic E-state index is -3.57. The van der Waals surface area contributed by atoms with Crippen molar-refractivity contribution >= 4 is 15.7 Å². The number of sulfonamides is 1. The number of aryl methyl sites for hydroxylation is 1. The summed E-state index contributed by atoms with van der Waals surface area (Å²) in [5, 5.41) is 0. The van der Waals surface area contributed by atoms with Crippen molar-refractivity contribution in [2.45, 2.75) is 24.8 Å². The SMILES string of the molecule is CCc1ccc(S(=O)(=O)N(C)Cc2ccco2)cc1N. The number of nitrogen functional groups attached to an aromatic ring is 1. The average molecular weight is 294 g/mol. The topological polar surface area (TPSA) is 76.5 Å². The third kappa shape index (κ3) is 2.86. The van der Waals surface area contributed by atoms with Crippen LogP contribution in [0.1, 0.15) is 18.2 Å². The lowest BCUT2D eigenvalue weighted by molar-refractivity contribution is 0.406. The van der Waals surface area contributed by atoms with Crippen molar-refractivity contribution in [2.75, 3.05) is 12.8 Å². The van der Waals surface area contributed by atoms with Gasteiger partial charge >= 0.3 is 0 Å². The highest BCUT2D eigenvalue weighted by atomic mass is 32.2. The number of furan rings is 1. The van der Waals surface area contributed by atoms with Gasteiger partial charge in [-0.1, -0.05) is 13.0 Å². The molecule has 2 rings (SSSR count). The van der Waals surface area contributed by atoms with Gasteiger partial charge in [-0.2, -0.15) is 4.31 Å². The predicted octanol–water partition coefficient (Wildman–Crippen LogP) is 2.24. The van der Waals surface area contributed by atoms with Crippen LogP contribution >= 0.6 is 0 Å². The van der Waals surface area contributed by atoms with E-state index in [0.29, 0.717) is 11.4 Å². The normalized spacial score (nSPS) is 11.9. The Bertz CT molecular complexity index is 678. The minimum absolute atomic E-state index is 0.185. The molecule has 0 fully saturated rings. The lowest BCUT2D eigenvalue weighted by Crippen LogP contribution is -2.26. The molecule has 0 bridgehead atoms. The molecular weight excluding hydrogens is 276 g/mol. The largest absolute Gasteiger partial charge is 0.468 e. The van der Waals surface area contributed by atoms with Crippen LogP contribution < -0.4 is 5.73 Å². The number of anilines is 1. The number of nitrogens with two attached hydrogens (primary N) is 1. The van der Waals surface area contributed by atoms with Gasteiger partial charge in [0.15, 0.2) is 0 Å². The van der Waals surface area contributed by atoms with Crippen molar-refractivity contribution in [3.05, 3.63) is 47.9 Å². The van der Waals surface area contributed by atoms with Gasteiger partial charge in [-0.3, -0.25) is 0 Å². The molecule has 0 saturated carbocycles. The van der Waals surface area contributed by atoms with E-state index in [1.54, 1.807) is 24.3 Å². The summed E-state index contributed by atoms with van der Waals surface area (Å²) in [7, 11) is -2.05. The summed E-state index contributed by atoms with van der Waals surface area (Å²) in [4.78, 5) is 0.196. The first-order chi connectivity index (χ1) is 9.45. The fourth-order valence-corrected chi connectivity index (χ4v) is 3.12. The van der Waals surface area contributed by atoms with Gasteiger partial charge in [0.2, 0.25) is 10.0 Å². The van der Waals surface area contributed by atoms with Crippen LogP contribution in [0, 0.1) is 0 Å². The van der Waals surface area contributed by atoms with Gasteiger partial charge in [0, 0.05) is 12.7 Å². The average Bonchev–Trinajstić information content (AvgIpc) is 2.91. The summed E-state index contributed by atoms with van der Waals surface area (Å²) >= 11 is 0. The summed E-state index contributed by atoms with van der Waals surface area (Å²) in [6, 6.07) is 8.31. The Balaban J connectivity index is 2.27. The second-order valence-electron chi connectivity index (χ2n) is 4.55. The molecule has 0 atom stereocenters. The van der Waals surface area contributed by atoms with Crippen molar-refractivity contribution < 1.29 is 12.8 Å². The Labute approximate surface area is 119 Å². The summed E-state index contributed by atoms with van der Waals surface area (Å²) < 4.78 is 31.3. The van der Waals surface area contributed by atoms with Gasteiger partial charge in [0.25, 0.3) is 0 Å². The molecule has 2 aromatic rings. The van der Waals surface area contributed by atoms with E-state index in [-0.39, 0.29) is 11.4 Å². The Morgan fingerprint density at radius 3 is 2.60 bits per heavy atom. The maximum atomic E-state index is 12.4. The molecule has 0 amide bonds. The lowest BCUT2D eigenvalue weighted by Gasteiger charge is -2.16. The van der Waals surface area contributed by atoms with Gasteiger partial charge in [0.1, 0.15) is 5.76 Å². The van der Waals surface area contributed by atoms with Crippen molar-refractivity contribution in [3.8, 4) is 0 Å². The first-order valence-corrected chi connectivity index (χ1v) is 7.76. The van der Waals surface area contributed by atoms with Gasteiger partial charge in [0.05, 0.1) is 17.7 Å².